The predicted molar refractivity (Wildman–Crippen MR) is 63.0 cm³/mol. The maximum atomic E-state index is 10.3. The second-order valence-corrected chi connectivity index (χ2v) is 3.69. The fourth-order valence-corrected chi connectivity index (χ4v) is 1.75. The highest BCUT2D eigenvalue weighted by atomic mass is 16.1. The van der Waals surface area contributed by atoms with Crippen LogP contribution in [0.4, 0.5) is 0 Å². The number of imidazole rings is 1. The molecule has 3 heteroatoms. The number of hydrogen-bond donors (Lipinski definition) is 0. The molecule has 2 rings (SSSR count). The second kappa shape index (κ2) is 4.75. The minimum absolute atomic E-state index is 0.527. The lowest BCUT2D eigenvalue weighted by Gasteiger charge is -2.04. The number of hydrogen-bond acceptors (Lipinski definition) is 2. The fourth-order valence-electron chi connectivity index (χ4n) is 1.75. The van der Waals surface area contributed by atoms with Crippen molar-refractivity contribution in [2.24, 2.45) is 7.05 Å². The molecule has 0 N–H and O–H groups in total. The summed E-state index contributed by atoms with van der Waals surface area (Å²) in [7, 11) is 1.98. The van der Waals surface area contributed by atoms with Gasteiger partial charge in [-0.15, -0.1) is 0 Å². The molecule has 2 aromatic rings. The number of nitrogens with zero attached hydrogens (tertiary/aromatic N) is 2. The van der Waals surface area contributed by atoms with E-state index < -0.39 is 0 Å². The van der Waals surface area contributed by atoms with Crippen LogP contribution in [0.15, 0.2) is 36.5 Å². The molecule has 0 spiro atoms. The normalized spacial score (nSPS) is 10.3. The first-order chi connectivity index (χ1) is 7.83. The van der Waals surface area contributed by atoms with E-state index in [0.29, 0.717) is 12.8 Å². The van der Waals surface area contributed by atoms with E-state index in [-0.39, 0.29) is 0 Å². The number of carbonyl (C=O) groups excluding carboxylic acids is 1. The summed E-state index contributed by atoms with van der Waals surface area (Å²) < 4.78 is 2.04. The van der Waals surface area contributed by atoms with Crippen LogP contribution in [0.1, 0.15) is 12.2 Å². The summed E-state index contributed by atoms with van der Waals surface area (Å²) in [5.74, 6) is 0.950. The van der Waals surface area contributed by atoms with Crippen molar-refractivity contribution >= 4 is 6.29 Å². The maximum absolute atomic E-state index is 10.3. The first-order valence-corrected chi connectivity index (χ1v) is 5.32. The molecule has 0 amide bonds. The molecule has 0 aliphatic rings. The van der Waals surface area contributed by atoms with E-state index in [1.165, 1.54) is 0 Å². The van der Waals surface area contributed by atoms with Crippen LogP contribution in [0.3, 0.4) is 0 Å². The summed E-state index contributed by atoms with van der Waals surface area (Å²) in [6.45, 7) is 0. The minimum Gasteiger partial charge on any atom is -0.331 e. The van der Waals surface area contributed by atoms with Crippen molar-refractivity contribution in [2.75, 3.05) is 0 Å². The van der Waals surface area contributed by atoms with Crippen molar-refractivity contribution in [1.29, 1.82) is 0 Å². The molecule has 3 nitrogen and oxygen atoms in total. The molecule has 1 aromatic carbocycles. The number of rotatable bonds is 4. The van der Waals surface area contributed by atoms with Crippen LogP contribution in [-0.2, 0) is 18.3 Å². The van der Waals surface area contributed by atoms with Crippen LogP contribution < -0.4 is 0 Å². The largest absolute Gasteiger partial charge is 0.331 e. The molecule has 0 saturated carbocycles. The molecule has 0 radical (unpaired) electrons. The third kappa shape index (κ3) is 2.03. The summed E-state index contributed by atoms with van der Waals surface area (Å²) in [4.78, 5) is 14.7. The van der Waals surface area contributed by atoms with Crippen molar-refractivity contribution in [3.8, 4) is 11.3 Å². The molecule has 0 bridgehead atoms. The third-order valence-electron chi connectivity index (χ3n) is 2.64. The topological polar surface area (TPSA) is 34.9 Å². The van der Waals surface area contributed by atoms with E-state index in [1.54, 1.807) is 0 Å². The lowest BCUT2D eigenvalue weighted by atomic mass is 10.2. The van der Waals surface area contributed by atoms with Crippen molar-refractivity contribution in [3.05, 3.63) is 42.4 Å². The molecule has 82 valence electrons. The van der Waals surface area contributed by atoms with Gasteiger partial charge in [-0.2, -0.15) is 0 Å². The number of aryl methyl sites for hydroxylation is 1. The van der Waals surface area contributed by atoms with Crippen LogP contribution in [0.25, 0.3) is 11.3 Å². The number of aldehydes is 1. The zero-order valence-corrected chi connectivity index (χ0v) is 9.26. The van der Waals surface area contributed by atoms with Gasteiger partial charge in [0.1, 0.15) is 12.1 Å². The zero-order chi connectivity index (χ0) is 11.4. The Morgan fingerprint density at radius 2 is 2.06 bits per heavy atom. The Labute approximate surface area is 94.7 Å². The quantitative estimate of drug-likeness (QED) is 0.731. The van der Waals surface area contributed by atoms with Crippen LogP contribution in [0.5, 0.6) is 0 Å². The van der Waals surface area contributed by atoms with Gasteiger partial charge in [-0.1, -0.05) is 30.3 Å². The Hall–Kier alpha value is -1.90. The molecular weight excluding hydrogens is 200 g/mol. The highest BCUT2D eigenvalue weighted by Crippen LogP contribution is 2.19. The third-order valence-corrected chi connectivity index (χ3v) is 2.64. The van der Waals surface area contributed by atoms with E-state index in [2.05, 4.69) is 17.1 Å². The predicted octanol–water partition coefficient (Wildman–Crippen LogP) is 2.22. The van der Waals surface area contributed by atoms with Crippen LogP contribution in [0, 0.1) is 0 Å². The van der Waals surface area contributed by atoms with E-state index in [4.69, 9.17) is 0 Å². The molecule has 0 unspecified atom stereocenters. The lowest BCUT2D eigenvalue weighted by Crippen LogP contribution is -2.00. The van der Waals surface area contributed by atoms with Crippen molar-refractivity contribution < 1.29 is 4.79 Å². The average Bonchev–Trinajstić information content (AvgIpc) is 2.69. The van der Waals surface area contributed by atoms with E-state index in [9.17, 15) is 4.79 Å². The zero-order valence-electron chi connectivity index (χ0n) is 9.26. The monoisotopic (exact) mass is 214 g/mol. The van der Waals surface area contributed by atoms with Crippen LogP contribution >= 0.6 is 0 Å². The van der Waals surface area contributed by atoms with Gasteiger partial charge in [0, 0.05) is 19.9 Å². The van der Waals surface area contributed by atoms with Gasteiger partial charge in [-0.25, -0.2) is 4.98 Å². The van der Waals surface area contributed by atoms with Gasteiger partial charge < -0.3 is 9.36 Å². The Bertz CT molecular complexity index is 474. The summed E-state index contributed by atoms with van der Waals surface area (Å²) in [6, 6.07) is 10.1. The Balaban J connectivity index is 2.30. The molecular formula is C13H14N2O. The second-order valence-electron chi connectivity index (χ2n) is 3.69. The Morgan fingerprint density at radius 1 is 1.31 bits per heavy atom. The van der Waals surface area contributed by atoms with Gasteiger partial charge in [0.15, 0.2) is 0 Å². The maximum Gasteiger partial charge on any atom is 0.120 e. The van der Waals surface area contributed by atoms with Crippen molar-refractivity contribution in [3.63, 3.8) is 0 Å². The molecule has 0 fully saturated rings. The van der Waals surface area contributed by atoms with Gasteiger partial charge >= 0.3 is 0 Å². The highest BCUT2D eigenvalue weighted by molar-refractivity contribution is 5.59. The van der Waals surface area contributed by atoms with Crippen LogP contribution in [0.2, 0.25) is 0 Å². The smallest absolute Gasteiger partial charge is 0.120 e. The number of carbonyl (C=O) groups is 1. The van der Waals surface area contributed by atoms with E-state index >= 15 is 0 Å². The standard InChI is InChI=1S/C13H14N2O/c1-15-12(11-6-3-2-4-7-11)10-14-13(15)8-5-9-16/h2-4,6-7,9-10H,5,8H2,1H3. The molecule has 1 heterocycles. The number of aromatic nitrogens is 2. The molecule has 0 aliphatic heterocycles. The summed E-state index contributed by atoms with van der Waals surface area (Å²) in [6.07, 6.45) is 4.01. The summed E-state index contributed by atoms with van der Waals surface area (Å²) >= 11 is 0. The summed E-state index contributed by atoms with van der Waals surface area (Å²) in [5, 5.41) is 0. The molecule has 1 aromatic heterocycles. The molecule has 0 saturated heterocycles. The molecule has 16 heavy (non-hydrogen) atoms. The van der Waals surface area contributed by atoms with Gasteiger partial charge in [0.05, 0.1) is 11.9 Å². The Kier molecular flexibility index (Phi) is 3.15. The van der Waals surface area contributed by atoms with Gasteiger partial charge in [-0.3, -0.25) is 0 Å². The average molecular weight is 214 g/mol. The van der Waals surface area contributed by atoms with Crippen molar-refractivity contribution in [2.45, 2.75) is 12.8 Å². The van der Waals surface area contributed by atoms with Gasteiger partial charge in [0.25, 0.3) is 0 Å². The summed E-state index contributed by atoms with van der Waals surface area (Å²) in [5.41, 5.74) is 2.23. The van der Waals surface area contributed by atoms with Crippen LogP contribution in [-0.4, -0.2) is 15.8 Å². The highest BCUT2D eigenvalue weighted by Gasteiger charge is 2.07. The molecule has 0 aliphatic carbocycles. The van der Waals surface area contributed by atoms with Crippen molar-refractivity contribution in [1.82, 2.24) is 9.55 Å². The van der Waals surface area contributed by atoms with Gasteiger partial charge in [-0.05, 0) is 5.56 Å². The minimum atomic E-state index is 0.527. The SMILES string of the molecule is Cn1c(-c2ccccc2)cnc1CCC=O. The van der Waals surface area contributed by atoms with Gasteiger partial charge in [0.2, 0.25) is 0 Å². The lowest BCUT2D eigenvalue weighted by molar-refractivity contribution is -0.107. The fraction of sp³-hybridized carbons (Fsp3) is 0.231. The van der Waals surface area contributed by atoms with E-state index in [0.717, 1.165) is 23.4 Å². The first kappa shape index (κ1) is 10.6. The van der Waals surface area contributed by atoms with E-state index in [1.807, 2.05) is 36.0 Å². The Morgan fingerprint density at radius 3 is 2.75 bits per heavy atom. The number of benzene rings is 1. The molecule has 0 atom stereocenters. The first-order valence-electron chi connectivity index (χ1n) is 5.32.